The van der Waals surface area contributed by atoms with Crippen molar-refractivity contribution in [1.82, 2.24) is 10.3 Å². The van der Waals surface area contributed by atoms with E-state index < -0.39 is 0 Å². The zero-order valence-corrected chi connectivity index (χ0v) is 8.06. The topological polar surface area (TPSA) is 34.1 Å². The van der Waals surface area contributed by atoms with E-state index in [1.807, 2.05) is 18.5 Å². The molecule has 0 saturated carbocycles. The largest absolute Gasteiger partial charge is 0.380 e. The van der Waals surface area contributed by atoms with Crippen molar-refractivity contribution in [2.75, 3.05) is 19.8 Å². The Morgan fingerprint density at radius 2 is 2.58 bits per heavy atom. The van der Waals surface area contributed by atoms with Crippen molar-refractivity contribution in [3.05, 3.63) is 16.6 Å². The maximum atomic E-state index is 5.17. The molecule has 12 heavy (non-hydrogen) atoms. The van der Waals surface area contributed by atoms with Gasteiger partial charge in [0, 0.05) is 31.3 Å². The van der Waals surface area contributed by atoms with E-state index >= 15 is 0 Å². The van der Waals surface area contributed by atoms with Crippen molar-refractivity contribution in [1.29, 1.82) is 0 Å². The molecule has 0 amide bonds. The van der Waals surface area contributed by atoms with E-state index in [2.05, 4.69) is 10.3 Å². The molecule has 0 atom stereocenters. The standard InChI is InChI=1S/C8H14N2OS/c1-2-11-5-3-9-7-8-10-4-6-12-8/h4,6,9H,2-3,5,7H2,1H3. The van der Waals surface area contributed by atoms with Gasteiger partial charge >= 0.3 is 0 Å². The van der Waals surface area contributed by atoms with Crippen LogP contribution in [-0.2, 0) is 11.3 Å². The molecule has 68 valence electrons. The third-order valence-electron chi connectivity index (χ3n) is 1.39. The maximum absolute atomic E-state index is 5.17. The zero-order valence-electron chi connectivity index (χ0n) is 7.25. The summed E-state index contributed by atoms with van der Waals surface area (Å²) in [6.45, 7) is 5.32. The Labute approximate surface area is 76.8 Å². The van der Waals surface area contributed by atoms with Gasteiger partial charge in [-0.25, -0.2) is 4.98 Å². The van der Waals surface area contributed by atoms with Crippen molar-refractivity contribution >= 4 is 11.3 Å². The fraction of sp³-hybridized carbons (Fsp3) is 0.625. The van der Waals surface area contributed by atoms with Crippen LogP contribution in [0, 0.1) is 0 Å². The fourth-order valence-corrected chi connectivity index (χ4v) is 1.41. The Hall–Kier alpha value is -0.450. The predicted octanol–water partition coefficient (Wildman–Crippen LogP) is 1.27. The molecular weight excluding hydrogens is 172 g/mol. The van der Waals surface area contributed by atoms with Gasteiger partial charge in [0.05, 0.1) is 6.61 Å². The molecule has 1 N–H and O–H groups in total. The van der Waals surface area contributed by atoms with Crippen LogP contribution in [0.15, 0.2) is 11.6 Å². The van der Waals surface area contributed by atoms with E-state index in [-0.39, 0.29) is 0 Å². The van der Waals surface area contributed by atoms with Crippen LogP contribution in [0.5, 0.6) is 0 Å². The van der Waals surface area contributed by atoms with Crippen LogP contribution in [0.2, 0.25) is 0 Å². The van der Waals surface area contributed by atoms with E-state index in [0.29, 0.717) is 0 Å². The molecule has 0 aliphatic carbocycles. The van der Waals surface area contributed by atoms with Crippen LogP contribution >= 0.6 is 11.3 Å². The first-order valence-corrected chi connectivity index (χ1v) is 4.98. The lowest BCUT2D eigenvalue weighted by Gasteiger charge is -2.01. The Morgan fingerprint density at radius 1 is 1.67 bits per heavy atom. The number of hydrogen-bond donors (Lipinski definition) is 1. The number of rotatable bonds is 6. The van der Waals surface area contributed by atoms with Crippen molar-refractivity contribution in [2.24, 2.45) is 0 Å². The summed E-state index contributed by atoms with van der Waals surface area (Å²) in [5.41, 5.74) is 0. The minimum absolute atomic E-state index is 0.780. The van der Waals surface area contributed by atoms with E-state index in [4.69, 9.17) is 4.74 Å². The molecule has 4 heteroatoms. The molecule has 0 fully saturated rings. The van der Waals surface area contributed by atoms with Crippen LogP contribution in [0.25, 0.3) is 0 Å². The highest BCUT2D eigenvalue weighted by molar-refractivity contribution is 7.09. The van der Waals surface area contributed by atoms with Crippen LogP contribution in [0.4, 0.5) is 0 Å². The van der Waals surface area contributed by atoms with Crippen LogP contribution in [0.3, 0.4) is 0 Å². The van der Waals surface area contributed by atoms with Crippen LogP contribution < -0.4 is 5.32 Å². The van der Waals surface area contributed by atoms with Crippen molar-refractivity contribution in [3.8, 4) is 0 Å². The molecule has 3 nitrogen and oxygen atoms in total. The van der Waals surface area contributed by atoms with Crippen molar-refractivity contribution in [2.45, 2.75) is 13.5 Å². The zero-order chi connectivity index (χ0) is 8.65. The van der Waals surface area contributed by atoms with E-state index in [9.17, 15) is 0 Å². The number of aromatic nitrogens is 1. The lowest BCUT2D eigenvalue weighted by atomic mass is 10.6. The fourth-order valence-electron chi connectivity index (χ4n) is 0.824. The summed E-state index contributed by atoms with van der Waals surface area (Å²) in [6, 6.07) is 0. The normalized spacial score (nSPS) is 10.4. The quantitative estimate of drug-likeness (QED) is 0.679. The van der Waals surface area contributed by atoms with Gasteiger partial charge in [0.2, 0.25) is 0 Å². The minimum Gasteiger partial charge on any atom is -0.380 e. The first-order valence-electron chi connectivity index (χ1n) is 4.10. The molecule has 0 radical (unpaired) electrons. The first-order chi connectivity index (χ1) is 5.93. The van der Waals surface area contributed by atoms with Gasteiger partial charge in [-0.2, -0.15) is 0 Å². The van der Waals surface area contributed by atoms with Gasteiger partial charge in [0.1, 0.15) is 5.01 Å². The summed E-state index contributed by atoms with van der Waals surface area (Å²) in [6.07, 6.45) is 1.82. The van der Waals surface area contributed by atoms with Gasteiger partial charge < -0.3 is 10.1 Å². The average Bonchev–Trinajstić information content (AvgIpc) is 2.57. The SMILES string of the molecule is CCOCCNCc1nccs1. The molecule has 1 aromatic heterocycles. The van der Waals surface area contributed by atoms with Gasteiger partial charge in [-0.15, -0.1) is 11.3 Å². The summed E-state index contributed by atoms with van der Waals surface area (Å²) in [5.74, 6) is 0. The van der Waals surface area contributed by atoms with Crippen LogP contribution in [0.1, 0.15) is 11.9 Å². The van der Waals surface area contributed by atoms with Crippen molar-refractivity contribution in [3.63, 3.8) is 0 Å². The molecule has 1 rings (SSSR count). The molecule has 0 saturated heterocycles. The molecule has 0 aliphatic heterocycles. The number of nitrogens with one attached hydrogen (secondary N) is 1. The Bertz CT molecular complexity index is 189. The molecule has 1 aromatic rings. The molecule has 0 aromatic carbocycles. The summed E-state index contributed by atoms with van der Waals surface area (Å²) in [4.78, 5) is 4.15. The van der Waals surface area contributed by atoms with E-state index in [1.165, 1.54) is 0 Å². The number of thiazole rings is 1. The van der Waals surface area contributed by atoms with Gasteiger partial charge in [-0.3, -0.25) is 0 Å². The second kappa shape index (κ2) is 6.11. The van der Waals surface area contributed by atoms with E-state index in [1.54, 1.807) is 11.3 Å². The van der Waals surface area contributed by atoms with E-state index in [0.717, 1.165) is 31.3 Å². The molecule has 0 unspecified atom stereocenters. The summed E-state index contributed by atoms with van der Waals surface area (Å²) >= 11 is 1.67. The predicted molar refractivity (Wildman–Crippen MR) is 50.3 cm³/mol. The molecule has 0 bridgehead atoms. The average molecular weight is 186 g/mol. The molecule has 0 aliphatic rings. The number of ether oxygens (including phenoxy) is 1. The third kappa shape index (κ3) is 3.80. The number of nitrogens with zero attached hydrogens (tertiary/aromatic N) is 1. The van der Waals surface area contributed by atoms with Gasteiger partial charge in [-0.05, 0) is 6.92 Å². The Kier molecular flexibility index (Phi) is 4.91. The monoisotopic (exact) mass is 186 g/mol. The molecule has 1 heterocycles. The van der Waals surface area contributed by atoms with Crippen molar-refractivity contribution < 1.29 is 4.74 Å². The number of hydrogen-bond acceptors (Lipinski definition) is 4. The maximum Gasteiger partial charge on any atom is 0.106 e. The molecular formula is C8H14N2OS. The summed E-state index contributed by atoms with van der Waals surface area (Å²) < 4.78 is 5.17. The summed E-state index contributed by atoms with van der Waals surface area (Å²) in [7, 11) is 0. The Morgan fingerprint density at radius 3 is 3.25 bits per heavy atom. The third-order valence-corrected chi connectivity index (χ3v) is 2.17. The minimum atomic E-state index is 0.780. The lowest BCUT2D eigenvalue weighted by Crippen LogP contribution is -2.18. The lowest BCUT2D eigenvalue weighted by molar-refractivity contribution is 0.149. The smallest absolute Gasteiger partial charge is 0.106 e. The van der Waals surface area contributed by atoms with Gasteiger partial charge in [-0.1, -0.05) is 0 Å². The molecule has 0 spiro atoms. The van der Waals surface area contributed by atoms with Gasteiger partial charge in [0.25, 0.3) is 0 Å². The van der Waals surface area contributed by atoms with Gasteiger partial charge in [0.15, 0.2) is 0 Å². The summed E-state index contributed by atoms with van der Waals surface area (Å²) in [5, 5.41) is 6.36. The first kappa shape index (κ1) is 9.64. The Balaban J connectivity index is 1.96. The second-order valence-corrected chi connectivity index (χ2v) is 3.28. The van der Waals surface area contributed by atoms with Crippen LogP contribution in [-0.4, -0.2) is 24.7 Å². The highest BCUT2D eigenvalue weighted by Crippen LogP contribution is 2.01. The highest BCUT2D eigenvalue weighted by atomic mass is 32.1. The second-order valence-electron chi connectivity index (χ2n) is 2.30. The highest BCUT2D eigenvalue weighted by Gasteiger charge is 1.92.